The normalized spacial score (nSPS) is 14.5. The Morgan fingerprint density at radius 1 is 1.17 bits per heavy atom. The molecular formula is C22H23BrN4O2S. The second-order valence-corrected chi connectivity index (χ2v) is 8.83. The number of hydrogen-bond donors (Lipinski definition) is 1. The molecule has 1 aromatic heterocycles. The average Bonchev–Trinajstić information content (AvgIpc) is 3.23. The fourth-order valence-corrected chi connectivity index (χ4v) is 4.42. The fourth-order valence-electron chi connectivity index (χ4n) is 3.42. The molecule has 2 heterocycles. The number of methoxy groups -OCH3 is 1. The first-order chi connectivity index (χ1) is 14.6. The van der Waals surface area contributed by atoms with Crippen molar-refractivity contribution in [1.82, 2.24) is 9.88 Å². The van der Waals surface area contributed by atoms with Crippen LogP contribution in [0, 0.1) is 0 Å². The van der Waals surface area contributed by atoms with E-state index in [1.807, 2.05) is 47.8 Å². The summed E-state index contributed by atoms with van der Waals surface area (Å²) >= 11 is 4.88. The molecule has 0 radical (unpaired) electrons. The summed E-state index contributed by atoms with van der Waals surface area (Å²) in [4.78, 5) is 21.5. The molecule has 1 fully saturated rings. The SMILES string of the molecule is COc1cccc(N2CCN(CC(=O)Nc3nc(-c4ccc(Br)cc4)cs3)CC2)c1. The number of carbonyl (C=O) groups is 1. The van der Waals surface area contributed by atoms with Gasteiger partial charge in [0.2, 0.25) is 5.91 Å². The summed E-state index contributed by atoms with van der Waals surface area (Å²) < 4.78 is 6.34. The topological polar surface area (TPSA) is 57.7 Å². The van der Waals surface area contributed by atoms with Gasteiger partial charge in [-0.25, -0.2) is 4.98 Å². The maximum Gasteiger partial charge on any atom is 0.240 e. The number of aromatic nitrogens is 1. The average molecular weight is 487 g/mol. The summed E-state index contributed by atoms with van der Waals surface area (Å²) in [5.74, 6) is 0.835. The van der Waals surface area contributed by atoms with Gasteiger partial charge in [-0.1, -0.05) is 34.1 Å². The zero-order valence-electron chi connectivity index (χ0n) is 16.7. The van der Waals surface area contributed by atoms with Gasteiger partial charge in [-0.15, -0.1) is 11.3 Å². The van der Waals surface area contributed by atoms with E-state index in [1.165, 1.54) is 11.3 Å². The van der Waals surface area contributed by atoms with Crippen LogP contribution in [0.3, 0.4) is 0 Å². The summed E-state index contributed by atoms with van der Waals surface area (Å²) in [6.45, 7) is 3.81. The van der Waals surface area contributed by atoms with Gasteiger partial charge in [0.25, 0.3) is 0 Å². The highest BCUT2D eigenvalue weighted by Gasteiger charge is 2.20. The first-order valence-electron chi connectivity index (χ1n) is 9.73. The number of piperazine rings is 1. The first-order valence-corrected chi connectivity index (χ1v) is 11.4. The maximum absolute atomic E-state index is 12.5. The molecule has 0 bridgehead atoms. The Kier molecular flexibility index (Phi) is 6.66. The van der Waals surface area contributed by atoms with Gasteiger partial charge < -0.3 is 15.0 Å². The third-order valence-corrected chi connectivity index (χ3v) is 6.33. The number of halogens is 1. The lowest BCUT2D eigenvalue weighted by molar-refractivity contribution is -0.117. The number of nitrogens with one attached hydrogen (secondary N) is 1. The van der Waals surface area contributed by atoms with Crippen molar-refractivity contribution < 1.29 is 9.53 Å². The highest BCUT2D eigenvalue weighted by atomic mass is 79.9. The van der Waals surface area contributed by atoms with E-state index in [-0.39, 0.29) is 5.91 Å². The Balaban J connectivity index is 1.27. The monoisotopic (exact) mass is 486 g/mol. The van der Waals surface area contributed by atoms with Crippen LogP contribution in [0.4, 0.5) is 10.8 Å². The third kappa shape index (κ3) is 5.19. The molecular weight excluding hydrogens is 464 g/mol. The largest absolute Gasteiger partial charge is 0.497 e. The van der Waals surface area contributed by atoms with Crippen molar-refractivity contribution in [2.75, 3.05) is 50.1 Å². The van der Waals surface area contributed by atoms with E-state index in [0.29, 0.717) is 11.7 Å². The molecule has 0 spiro atoms. The predicted molar refractivity (Wildman–Crippen MR) is 126 cm³/mol. The highest BCUT2D eigenvalue weighted by molar-refractivity contribution is 9.10. The summed E-state index contributed by atoms with van der Waals surface area (Å²) in [6.07, 6.45) is 0. The van der Waals surface area contributed by atoms with Gasteiger partial charge in [-0.3, -0.25) is 9.69 Å². The van der Waals surface area contributed by atoms with Crippen LogP contribution in [-0.2, 0) is 4.79 Å². The third-order valence-electron chi connectivity index (χ3n) is 5.05. The lowest BCUT2D eigenvalue weighted by Crippen LogP contribution is -2.48. The van der Waals surface area contributed by atoms with E-state index < -0.39 is 0 Å². The number of carbonyl (C=O) groups excluding carboxylic acids is 1. The molecule has 0 aliphatic carbocycles. The Morgan fingerprint density at radius 3 is 2.67 bits per heavy atom. The quantitative estimate of drug-likeness (QED) is 0.561. The lowest BCUT2D eigenvalue weighted by Gasteiger charge is -2.35. The van der Waals surface area contributed by atoms with E-state index in [0.717, 1.165) is 53.3 Å². The zero-order chi connectivity index (χ0) is 20.9. The van der Waals surface area contributed by atoms with Crippen LogP contribution in [0.25, 0.3) is 11.3 Å². The Hall–Kier alpha value is -2.42. The molecule has 6 nitrogen and oxygen atoms in total. The Morgan fingerprint density at radius 2 is 1.93 bits per heavy atom. The first kappa shape index (κ1) is 20.8. The number of hydrogen-bond acceptors (Lipinski definition) is 6. The molecule has 0 saturated carbocycles. The number of rotatable bonds is 6. The van der Waals surface area contributed by atoms with Crippen molar-refractivity contribution in [1.29, 1.82) is 0 Å². The van der Waals surface area contributed by atoms with Gasteiger partial charge >= 0.3 is 0 Å². The number of anilines is 2. The molecule has 2 aromatic carbocycles. The second kappa shape index (κ2) is 9.59. The molecule has 156 valence electrons. The Labute approximate surface area is 188 Å². The number of nitrogens with zero attached hydrogens (tertiary/aromatic N) is 3. The van der Waals surface area contributed by atoms with Crippen LogP contribution in [0.15, 0.2) is 58.4 Å². The maximum atomic E-state index is 12.5. The van der Waals surface area contributed by atoms with E-state index in [2.05, 4.69) is 42.1 Å². The smallest absolute Gasteiger partial charge is 0.240 e. The fraction of sp³-hybridized carbons (Fsp3) is 0.273. The predicted octanol–water partition coefficient (Wildman–Crippen LogP) is 4.34. The van der Waals surface area contributed by atoms with Crippen molar-refractivity contribution in [2.45, 2.75) is 0 Å². The Bertz CT molecular complexity index is 1000. The minimum absolute atomic E-state index is 0.0264. The van der Waals surface area contributed by atoms with Gasteiger partial charge in [0.1, 0.15) is 5.75 Å². The summed E-state index contributed by atoms with van der Waals surface area (Å²) in [6, 6.07) is 16.1. The van der Waals surface area contributed by atoms with E-state index in [1.54, 1.807) is 7.11 Å². The van der Waals surface area contributed by atoms with E-state index >= 15 is 0 Å². The van der Waals surface area contributed by atoms with Crippen molar-refractivity contribution in [3.05, 3.63) is 58.4 Å². The molecule has 1 aliphatic rings. The second-order valence-electron chi connectivity index (χ2n) is 7.06. The molecule has 3 aromatic rings. The number of ether oxygens (including phenoxy) is 1. The molecule has 4 rings (SSSR count). The standard InChI is InChI=1S/C22H23BrN4O2S/c1-29-19-4-2-3-18(13-19)27-11-9-26(10-12-27)14-21(28)25-22-24-20(15-30-22)16-5-7-17(23)8-6-16/h2-8,13,15H,9-12,14H2,1H3,(H,24,25,28). The van der Waals surface area contributed by atoms with Crippen LogP contribution in [0.1, 0.15) is 0 Å². The van der Waals surface area contributed by atoms with Crippen molar-refractivity contribution in [2.24, 2.45) is 0 Å². The van der Waals surface area contributed by atoms with Gasteiger partial charge in [-0.2, -0.15) is 0 Å². The zero-order valence-corrected chi connectivity index (χ0v) is 19.1. The number of thiazole rings is 1. The highest BCUT2D eigenvalue weighted by Crippen LogP contribution is 2.26. The molecule has 0 atom stereocenters. The number of amides is 1. The van der Waals surface area contributed by atoms with Crippen molar-refractivity contribution in [3.63, 3.8) is 0 Å². The lowest BCUT2D eigenvalue weighted by atomic mass is 10.2. The molecule has 1 N–H and O–H groups in total. The molecule has 1 amide bonds. The molecule has 8 heteroatoms. The van der Waals surface area contributed by atoms with Gasteiger partial charge in [0.05, 0.1) is 19.3 Å². The van der Waals surface area contributed by atoms with Gasteiger partial charge in [-0.05, 0) is 24.3 Å². The van der Waals surface area contributed by atoms with E-state index in [9.17, 15) is 4.79 Å². The van der Waals surface area contributed by atoms with Crippen LogP contribution in [-0.4, -0.2) is 55.6 Å². The minimum atomic E-state index is -0.0264. The van der Waals surface area contributed by atoms with Crippen LogP contribution in [0.5, 0.6) is 5.75 Å². The van der Waals surface area contributed by atoms with Gasteiger partial charge in [0.15, 0.2) is 5.13 Å². The van der Waals surface area contributed by atoms with Crippen LogP contribution in [0.2, 0.25) is 0 Å². The summed E-state index contributed by atoms with van der Waals surface area (Å²) in [7, 11) is 1.68. The van der Waals surface area contributed by atoms with E-state index in [4.69, 9.17) is 4.74 Å². The van der Waals surface area contributed by atoms with Crippen molar-refractivity contribution >= 4 is 44.0 Å². The summed E-state index contributed by atoms with van der Waals surface area (Å²) in [5.41, 5.74) is 3.06. The van der Waals surface area contributed by atoms with Crippen LogP contribution >= 0.6 is 27.3 Å². The van der Waals surface area contributed by atoms with Crippen LogP contribution < -0.4 is 15.0 Å². The van der Waals surface area contributed by atoms with Gasteiger partial charge in [0, 0.05) is 53.3 Å². The number of benzene rings is 2. The molecule has 0 unspecified atom stereocenters. The minimum Gasteiger partial charge on any atom is -0.497 e. The van der Waals surface area contributed by atoms with Crippen molar-refractivity contribution in [3.8, 4) is 17.0 Å². The molecule has 30 heavy (non-hydrogen) atoms. The molecule has 1 saturated heterocycles. The summed E-state index contributed by atoms with van der Waals surface area (Å²) in [5, 5.41) is 5.53. The molecule has 1 aliphatic heterocycles.